The van der Waals surface area contributed by atoms with Crippen LogP contribution in [-0.2, 0) is 17.9 Å². The van der Waals surface area contributed by atoms with E-state index < -0.39 is 0 Å². The third kappa shape index (κ3) is 5.73. The van der Waals surface area contributed by atoms with E-state index in [2.05, 4.69) is 26.6 Å². The van der Waals surface area contributed by atoms with Gasteiger partial charge in [-0.15, -0.1) is 0 Å². The molecule has 0 atom stereocenters. The summed E-state index contributed by atoms with van der Waals surface area (Å²) in [5.41, 5.74) is 3.10. The van der Waals surface area contributed by atoms with Crippen molar-refractivity contribution in [2.75, 3.05) is 17.7 Å². The Bertz CT molecular complexity index is 1030. The van der Waals surface area contributed by atoms with Crippen molar-refractivity contribution in [1.29, 1.82) is 0 Å². The van der Waals surface area contributed by atoms with Crippen molar-refractivity contribution in [3.05, 3.63) is 82.1 Å². The Morgan fingerprint density at radius 1 is 1.00 bits per heavy atom. The molecule has 3 rings (SSSR count). The van der Waals surface area contributed by atoms with Crippen molar-refractivity contribution in [2.24, 2.45) is 0 Å². The van der Waals surface area contributed by atoms with Gasteiger partial charge < -0.3 is 20.1 Å². The van der Waals surface area contributed by atoms with E-state index in [1.807, 2.05) is 36.4 Å². The number of rotatable bonds is 8. The van der Waals surface area contributed by atoms with Crippen molar-refractivity contribution in [3.8, 4) is 11.5 Å². The summed E-state index contributed by atoms with van der Waals surface area (Å²) in [5.74, 6) is 0.674. The predicted molar refractivity (Wildman–Crippen MR) is 119 cm³/mol. The molecule has 0 aliphatic carbocycles. The molecule has 3 aromatic carbocycles. The largest absolute Gasteiger partial charge is 0.493 e. The summed E-state index contributed by atoms with van der Waals surface area (Å²) >= 11 is 3.57. The van der Waals surface area contributed by atoms with Crippen LogP contribution in [0, 0.1) is 5.82 Å². The molecule has 0 aromatic heterocycles. The molecule has 0 fully saturated rings. The average molecular weight is 473 g/mol. The molecule has 0 saturated carbocycles. The Labute approximate surface area is 183 Å². The second-order valence-corrected chi connectivity index (χ2v) is 7.44. The predicted octanol–water partition coefficient (Wildman–Crippen LogP) is 5.75. The smallest absolute Gasteiger partial charge is 0.221 e. The molecule has 0 saturated heterocycles. The molecular weight excluding hydrogens is 451 g/mol. The zero-order valence-electron chi connectivity index (χ0n) is 16.7. The molecule has 0 aliphatic rings. The number of methoxy groups -OCH3 is 1. The lowest BCUT2D eigenvalue weighted by atomic mass is 10.2. The van der Waals surface area contributed by atoms with Crippen LogP contribution in [0.15, 0.2) is 65.1 Å². The number of carbonyl (C=O) groups is 1. The van der Waals surface area contributed by atoms with Crippen LogP contribution in [0.2, 0.25) is 0 Å². The third-order valence-corrected chi connectivity index (χ3v) is 5.10. The second kappa shape index (κ2) is 10.1. The highest BCUT2D eigenvalue weighted by Gasteiger charge is 2.12. The summed E-state index contributed by atoms with van der Waals surface area (Å²) < 4.78 is 25.9. The van der Waals surface area contributed by atoms with Crippen LogP contribution in [0.5, 0.6) is 11.5 Å². The lowest BCUT2D eigenvalue weighted by Crippen LogP contribution is -2.06. The molecule has 156 valence electrons. The van der Waals surface area contributed by atoms with Gasteiger partial charge in [0.15, 0.2) is 11.5 Å². The highest BCUT2D eigenvalue weighted by atomic mass is 79.9. The summed E-state index contributed by atoms with van der Waals surface area (Å²) in [6.07, 6.45) is 0. The molecule has 0 spiro atoms. The SMILES string of the molecule is COc1cc(CNc2ccc(NC(C)=O)cc2)c(Br)cc1OCc1ccccc1F. The number of hydrogen-bond donors (Lipinski definition) is 2. The molecule has 0 unspecified atom stereocenters. The Balaban J connectivity index is 1.67. The number of amides is 1. The molecule has 1 amide bonds. The van der Waals surface area contributed by atoms with Gasteiger partial charge in [-0.1, -0.05) is 34.1 Å². The standard InChI is InChI=1S/C23H22BrFN2O3/c1-15(28)27-19-9-7-18(8-10-19)26-13-17-11-22(29-2)23(12-20(17)24)30-14-16-5-3-4-6-21(16)25/h3-12,26H,13-14H2,1-2H3,(H,27,28). The van der Waals surface area contributed by atoms with Crippen molar-refractivity contribution < 1.29 is 18.7 Å². The Hall–Kier alpha value is -3.06. The van der Waals surface area contributed by atoms with E-state index in [9.17, 15) is 9.18 Å². The fourth-order valence-corrected chi connectivity index (χ4v) is 3.29. The summed E-state index contributed by atoms with van der Waals surface area (Å²) in [6.45, 7) is 2.12. The van der Waals surface area contributed by atoms with Crippen LogP contribution in [0.1, 0.15) is 18.1 Å². The van der Waals surface area contributed by atoms with Crippen molar-refractivity contribution in [2.45, 2.75) is 20.1 Å². The van der Waals surface area contributed by atoms with E-state index in [0.717, 1.165) is 21.4 Å². The third-order valence-electron chi connectivity index (χ3n) is 4.36. The maximum atomic E-state index is 13.8. The molecular formula is C23H22BrFN2O3. The second-order valence-electron chi connectivity index (χ2n) is 6.59. The van der Waals surface area contributed by atoms with Crippen LogP contribution >= 0.6 is 15.9 Å². The molecule has 30 heavy (non-hydrogen) atoms. The van der Waals surface area contributed by atoms with Gasteiger partial charge in [0.05, 0.1) is 7.11 Å². The van der Waals surface area contributed by atoms with E-state index in [1.165, 1.54) is 13.0 Å². The van der Waals surface area contributed by atoms with E-state index in [4.69, 9.17) is 9.47 Å². The highest BCUT2D eigenvalue weighted by molar-refractivity contribution is 9.10. The zero-order valence-corrected chi connectivity index (χ0v) is 18.3. The lowest BCUT2D eigenvalue weighted by Gasteiger charge is -2.15. The number of halogens is 2. The van der Waals surface area contributed by atoms with E-state index >= 15 is 0 Å². The maximum absolute atomic E-state index is 13.8. The molecule has 0 aliphatic heterocycles. The molecule has 3 aromatic rings. The van der Waals surface area contributed by atoms with Gasteiger partial charge in [0.25, 0.3) is 0 Å². The minimum Gasteiger partial charge on any atom is -0.493 e. The van der Waals surface area contributed by atoms with E-state index in [0.29, 0.717) is 23.6 Å². The van der Waals surface area contributed by atoms with Gasteiger partial charge in [-0.2, -0.15) is 0 Å². The van der Waals surface area contributed by atoms with Crippen LogP contribution in [0.3, 0.4) is 0 Å². The minimum absolute atomic E-state index is 0.105. The first-order valence-electron chi connectivity index (χ1n) is 9.30. The first-order chi connectivity index (χ1) is 14.5. The number of carbonyl (C=O) groups excluding carboxylic acids is 1. The van der Waals surface area contributed by atoms with Crippen LogP contribution < -0.4 is 20.1 Å². The first kappa shape index (κ1) is 21.6. The fourth-order valence-electron chi connectivity index (χ4n) is 2.83. The van der Waals surface area contributed by atoms with Gasteiger partial charge in [-0.3, -0.25) is 4.79 Å². The van der Waals surface area contributed by atoms with Crippen LogP contribution in [0.25, 0.3) is 0 Å². The van der Waals surface area contributed by atoms with Gasteiger partial charge >= 0.3 is 0 Å². The van der Waals surface area contributed by atoms with Crippen LogP contribution in [-0.4, -0.2) is 13.0 Å². The Kier molecular flexibility index (Phi) is 7.30. The van der Waals surface area contributed by atoms with Crippen molar-refractivity contribution >= 4 is 33.2 Å². The monoisotopic (exact) mass is 472 g/mol. The highest BCUT2D eigenvalue weighted by Crippen LogP contribution is 2.34. The van der Waals surface area contributed by atoms with Gasteiger partial charge in [0, 0.05) is 34.9 Å². The lowest BCUT2D eigenvalue weighted by molar-refractivity contribution is -0.114. The number of benzene rings is 3. The molecule has 0 radical (unpaired) electrons. The normalized spacial score (nSPS) is 10.4. The summed E-state index contributed by atoms with van der Waals surface area (Å²) in [5, 5.41) is 6.07. The van der Waals surface area contributed by atoms with E-state index in [1.54, 1.807) is 25.3 Å². The van der Waals surface area contributed by atoms with Gasteiger partial charge in [0.2, 0.25) is 5.91 Å². The van der Waals surface area contributed by atoms with E-state index in [-0.39, 0.29) is 18.3 Å². The van der Waals surface area contributed by atoms with Gasteiger partial charge in [-0.25, -0.2) is 4.39 Å². The Morgan fingerprint density at radius 2 is 1.70 bits per heavy atom. The van der Waals surface area contributed by atoms with Crippen molar-refractivity contribution in [3.63, 3.8) is 0 Å². The zero-order chi connectivity index (χ0) is 21.5. The summed E-state index contributed by atoms with van der Waals surface area (Å²) in [7, 11) is 1.57. The van der Waals surface area contributed by atoms with Crippen molar-refractivity contribution in [1.82, 2.24) is 0 Å². The van der Waals surface area contributed by atoms with Gasteiger partial charge in [-0.05, 0) is 48.0 Å². The molecule has 7 heteroatoms. The number of hydrogen-bond acceptors (Lipinski definition) is 4. The maximum Gasteiger partial charge on any atom is 0.221 e. The molecule has 0 bridgehead atoms. The van der Waals surface area contributed by atoms with Crippen LogP contribution in [0.4, 0.5) is 15.8 Å². The number of ether oxygens (including phenoxy) is 2. The molecule has 2 N–H and O–H groups in total. The Morgan fingerprint density at radius 3 is 2.37 bits per heavy atom. The molecule has 5 nitrogen and oxygen atoms in total. The first-order valence-corrected chi connectivity index (χ1v) is 10.1. The number of anilines is 2. The topological polar surface area (TPSA) is 59.6 Å². The fraction of sp³-hybridized carbons (Fsp3) is 0.174. The summed E-state index contributed by atoms with van der Waals surface area (Å²) in [4.78, 5) is 11.1. The number of nitrogens with one attached hydrogen (secondary N) is 2. The van der Waals surface area contributed by atoms with Gasteiger partial charge in [0.1, 0.15) is 12.4 Å². The quantitative estimate of drug-likeness (QED) is 0.438. The minimum atomic E-state index is -0.305. The molecule has 0 heterocycles. The average Bonchev–Trinajstić information content (AvgIpc) is 2.73. The summed E-state index contributed by atoms with van der Waals surface area (Å²) in [6, 6.07) is 17.6.